The number of rotatable bonds is 10. The van der Waals surface area contributed by atoms with E-state index >= 15 is 0 Å². The molecule has 0 spiro atoms. The van der Waals surface area contributed by atoms with Crippen LogP contribution in [-0.4, -0.2) is 30.4 Å². The van der Waals surface area contributed by atoms with Crippen LogP contribution in [0.2, 0.25) is 0 Å². The van der Waals surface area contributed by atoms with Crippen LogP contribution in [-0.2, 0) is 6.61 Å². The summed E-state index contributed by atoms with van der Waals surface area (Å²) in [6.07, 6.45) is 0. The minimum Gasteiger partial charge on any atom is -0.486 e. The van der Waals surface area contributed by atoms with Gasteiger partial charge < -0.3 is 14.5 Å². The van der Waals surface area contributed by atoms with Crippen molar-refractivity contribution in [3.63, 3.8) is 0 Å². The quantitative estimate of drug-likeness (QED) is 0.512. The third-order valence-electron chi connectivity index (χ3n) is 4.72. The van der Waals surface area contributed by atoms with Gasteiger partial charge in [0.05, 0.1) is 6.04 Å². The maximum atomic E-state index is 12.9. The number of thiophene rings is 1. The van der Waals surface area contributed by atoms with Crippen LogP contribution in [0, 0.1) is 5.82 Å². The van der Waals surface area contributed by atoms with Crippen LogP contribution in [0.15, 0.2) is 57.6 Å². The first kappa shape index (κ1) is 21.1. The Balaban J connectivity index is 1.56. The standard InChI is InChI=1S/C22H25FN2O3S/c1-3-25(4-2)20(16-11-12-29-15-16)13-24-22(26)21-10-9-19(28-21)14-27-18-7-5-17(23)6-8-18/h5-12,15,20H,3-4,13-14H2,1-2H3,(H,24,26). The van der Waals surface area contributed by atoms with E-state index in [-0.39, 0.29) is 30.1 Å². The molecular weight excluding hydrogens is 391 g/mol. The van der Waals surface area contributed by atoms with Gasteiger partial charge in [-0.1, -0.05) is 13.8 Å². The number of carbonyl (C=O) groups excluding carboxylic acids is 1. The van der Waals surface area contributed by atoms with E-state index in [1.54, 1.807) is 35.6 Å². The first-order valence-corrected chi connectivity index (χ1v) is 10.6. The van der Waals surface area contributed by atoms with Crippen LogP contribution in [0.25, 0.3) is 0 Å². The average molecular weight is 417 g/mol. The molecule has 0 fully saturated rings. The lowest BCUT2D eigenvalue weighted by Crippen LogP contribution is -2.37. The summed E-state index contributed by atoms with van der Waals surface area (Å²) in [6.45, 7) is 6.70. The number of hydrogen-bond donors (Lipinski definition) is 1. The van der Waals surface area contributed by atoms with Crippen LogP contribution < -0.4 is 10.1 Å². The summed E-state index contributed by atoms with van der Waals surface area (Å²) in [5.41, 5.74) is 1.20. The minimum atomic E-state index is -0.320. The third-order valence-corrected chi connectivity index (χ3v) is 5.42. The molecule has 1 N–H and O–H groups in total. The summed E-state index contributed by atoms with van der Waals surface area (Å²) >= 11 is 1.65. The van der Waals surface area contributed by atoms with E-state index < -0.39 is 0 Å². The topological polar surface area (TPSA) is 54.7 Å². The molecule has 0 saturated carbocycles. The van der Waals surface area contributed by atoms with Gasteiger partial charge >= 0.3 is 0 Å². The van der Waals surface area contributed by atoms with Gasteiger partial charge in [0.1, 0.15) is 23.9 Å². The maximum Gasteiger partial charge on any atom is 0.287 e. The summed E-state index contributed by atoms with van der Waals surface area (Å²) < 4.78 is 24.1. The molecule has 1 atom stereocenters. The van der Waals surface area contributed by atoms with Crippen LogP contribution in [0.5, 0.6) is 5.75 Å². The van der Waals surface area contributed by atoms with Crippen molar-refractivity contribution in [3.8, 4) is 5.75 Å². The number of benzene rings is 1. The monoisotopic (exact) mass is 416 g/mol. The zero-order valence-electron chi connectivity index (χ0n) is 16.6. The van der Waals surface area contributed by atoms with Crippen LogP contribution in [0.1, 0.15) is 41.8 Å². The molecule has 5 nitrogen and oxygen atoms in total. The van der Waals surface area contributed by atoms with E-state index in [1.165, 1.54) is 17.7 Å². The fraction of sp³-hybridized carbons (Fsp3) is 0.318. The van der Waals surface area contributed by atoms with Gasteiger partial charge in [-0.3, -0.25) is 9.69 Å². The smallest absolute Gasteiger partial charge is 0.287 e. The highest BCUT2D eigenvalue weighted by atomic mass is 32.1. The molecule has 0 aliphatic heterocycles. The fourth-order valence-electron chi connectivity index (χ4n) is 3.13. The number of nitrogens with zero attached hydrogens (tertiary/aromatic N) is 1. The maximum absolute atomic E-state index is 12.9. The fourth-order valence-corrected chi connectivity index (χ4v) is 3.83. The molecule has 2 heterocycles. The number of amides is 1. The normalized spacial score (nSPS) is 12.1. The number of hydrogen-bond acceptors (Lipinski definition) is 5. The van der Waals surface area contributed by atoms with Gasteiger partial charge in [0.15, 0.2) is 5.76 Å². The minimum absolute atomic E-state index is 0.122. The molecule has 0 radical (unpaired) electrons. The second kappa shape index (κ2) is 10.2. The molecular formula is C22H25FN2O3S. The highest BCUT2D eigenvalue weighted by Gasteiger charge is 2.20. The Morgan fingerprint density at radius 1 is 1.17 bits per heavy atom. The number of furan rings is 1. The zero-order chi connectivity index (χ0) is 20.6. The lowest BCUT2D eigenvalue weighted by Gasteiger charge is -2.29. The Hall–Kier alpha value is -2.64. The average Bonchev–Trinajstić information content (AvgIpc) is 3.42. The second-order valence-corrected chi connectivity index (χ2v) is 7.29. The molecule has 1 amide bonds. The third kappa shape index (κ3) is 5.68. The largest absolute Gasteiger partial charge is 0.486 e. The summed E-state index contributed by atoms with van der Waals surface area (Å²) in [5.74, 6) is 0.723. The predicted molar refractivity (Wildman–Crippen MR) is 112 cm³/mol. The Morgan fingerprint density at radius 3 is 2.59 bits per heavy atom. The zero-order valence-corrected chi connectivity index (χ0v) is 17.4. The lowest BCUT2D eigenvalue weighted by atomic mass is 10.1. The van der Waals surface area contributed by atoms with Gasteiger partial charge in [0.2, 0.25) is 0 Å². The van der Waals surface area contributed by atoms with Crippen molar-refractivity contribution in [2.75, 3.05) is 19.6 Å². The van der Waals surface area contributed by atoms with Gasteiger partial charge in [-0.25, -0.2) is 4.39 Å². The lowest BCUT2D eigenvalue weighted by molar-refractivity contribution is 0.0903. The van der Waals surface area contributed by atoms with Crippen LogP contribution >= 0.6 is 11.3 Å². The molecule has 2 aromatic heterocycles. The van der Waals surface area contributed by atoms with Crippen molar-refractivity contribution in [1.82, 2.24) is 10.2 Å². The van der Waals surface area contributed by atoms with E-state index in [1.807, 2.05) is 5.38 Å². The first-order valence-electron chi connectivity index (χ1n) is 9.62. The van der Waals surface area contributed by atoms with Crippen molar-refractivity contribution >= 4 is 17.2 Å². The number of halogens is 1. The van der Waals surface area contributed by atoms with E-state index in [0.717, 1.165) is 13.1 Å². The number of carbonyl (C=O) groups is 1. The molecule has 29 heavy (non-hydrogen) atoms. The molecule has 0 aliphatic rings. The van der Waals surface area contributed by atoms with Crippen molar-refractivity contribution in [2.45, 2.75) is 26.5 Å². The van der Waals surface area contributed by atoms with Crippen molar-refractivity contribution in [2.24, 2.45) is 0 Å². The molecule has 0 bridgehead atoms. The molecule has 154 valence electrons. The van der Waals surface area contributed by atoms with Crippen molar-refractivity contribution in [1.29, 1.82) is 0 Å². The Morgan fingerprint density at radius 2 is 1.93 bits per heavy atom. The van der Waals surface area contributed by atoms with Crippen molar-refractivity contribution in [3.05, 3.63) is 76.1 Å². The molecule has 7 heteroatoms. The van der Waals surface area contributed by atoms with Gasteiger partial charge in [-0.15, -0.1) is 0 Å². The van der Waals surface area contributed by atoms with Crippen LogP contribution in [0.3, 0.4) is 0 Å². The molecule has 3 aromatic rings. The Kier molecular flexibility index (Phi) is 7.43. The van der Waals surface area contributed by atoms with Gasteiger partial charge in [-0.05, 0) is 71.9 Å². The van der Waals surface area contributed by atoms with Crippen LogP contribution in [0.4, 0.5) is 4.39 Å². The SMILES string of the molecule is CCN(CC)C(CNC(=O)c1ccc(COc2ccc(F)cc2)o1)c1ccsc1. The van der Waals surface area contributed by atoms with Gasteiger partial charge in [-0.2, -0.15) is 11.3 Å². The number of ether oxygens (including phenoxy) is 1. The molecule has 0 saturated heterocycles. The molecule has 1 aromatic carbocycles. The highest BCUT2D eigenvalue weighted by Crippen LogP contribution is 2.22. The number of nitrogens with one attached hydrogen (secondary N) is 1. The van der Waals surface area contributed by atoms with E-state index in [0.29, 0.717) is 18.1 Å². The summed E-state index contributed by atoms with van der Waals surface area (Å²) in [6, 6.07) is 11.3. The van der Waals surface area contributed by atoms with E-state index in [9.17, 15) is 9.18 Å². The van der Waals surface area contributed by atoms with Gasteiger partial charge in [0.25, 0.3) is 5.91 Å². The van der Waals surface area contributed by atoms with E-state index in [4.69, 9.17) is 9.15 Å². The second-order valence-electron chi connectivity index (χ2n) is 6.51. The van der Waals surface area contributed by atoms with E-state index in [2.05, 4.69) is 35.5 Å². The van der Waals surface area contributed by atoms with Crippen molar-refractivity contribution < 1.29 is 18.3 Å². The molecule has 1 unspecified atom stereocenters. The van der Waals surface area contributed by atoms with Gasteiger partial charge in [0, 0.05) is 6.54 Å². The highest BCUT2D eigenvalue weighted by molar-refractivity contribution is 7.07. The predicted octanol–water partition coefficient (Wildman–Crippen LogP) is 4.87. The molecule has 0 aliphatic carbocycles. The number of likely N-dealkylation sites (N-methyl/N-ethyl adjacent to an activating group) is 1. The summed E-state index contributed by atoms with van der Waals surface area (Å²) in [5, 5.41) is 7.14. The molecule has 3 rings (SSSR count). The summed E-state index contributed by atoms with van der Waals surface area (Å²) in [4.78, 5) is 14.9. The summed E-state index contributed by atoms with van der Waals surface area (Å²) in [7, 11) is 0. The Labute approximate surface area is 174 Å². The Bertz CT molecular complexity index is 889. The first-order chi connectivity index (χ1) is 14.1.